The number of hydrogen-bond acceptors (Lipinski definition) is 3. The molecular weight excluding hydrogens is 262 g/mol. The Hall–Kier alpha value is -1.37. The predicted octanol–water partition coefficient (Wildman–Crippen LogP) is 1.20. The van der Waals surface area contributed by atoms with E-state index in [-0.39, 0.29) is 0 Å². The second-order valence-electron chi connectivity index (χ2n) is 4.60. The van der Waals surface area contributed by atoms with Crippen molar-refractivity contribution in [2.24, 2.45) is 0 Å². The second kappa shape index (κ2) is 6.18. The van der Waals surface area contributed by atoms with E-state index in [0.717, 1.165) is 25.0 Å². The Bertz CT molecular complexity index is 634. The molecule has 0 saturated carbocycles. The van der Waals surface area contributed by atoms with Crippen LogP contribution >= 0.6 is 0 Å². The molecule has 3 N–H and O–H groups in total. The van der Waals surface area contributed by atoms with Crippen LogP contribution in [0.15, 0.2) is 30.5 Å². The van der Waals surface area contributed by atoms with Gasteiger partial charge in [-0.15, -0.1) is 0 Å². The largest absolute Gasteiger partial charge is 0.361 e. The van der Waals surface area contributed by atoms with Gasteiger partial charge < -0.3 is 10.3 Å². The molecule has 2 aromatic rings. The van der Waals surface area contributed by atoms with E-state index in [2.05, 4.69) is 33.2 Å². The molecule has 0 aliphatic carbocycles. The number of benzene rings is 1. The van der Waals surface area contributed by atoms with Gasteiger partial charge in [0.2, 0.25) is 10.0 Å². The summed E-state index contributed by atoms with van der Waals surface area (Å²) in [4.78, 5) is 3.18. The van der Waals surface area contributed by atoms with Gasteiger partial charge >= 0.3 is 0 Å². The van der Waals surface area contributed by atoms with E-state index in [4.69, 9.17) is 0 Å². The molecule has 0 atom stereocenters. The lowest BCUT2D eigenvalue weighted by Crippen LogP contribution is -2.26. The first kappa shape index (κ1) is 14.0. The van der Waals surface area contributed by atoms with Gasteiger partial charge in [-0.05, 0) is 36.0 Å². The monoisotopic (exact) mass is 281 g/mol. The number of aromatic nitrogens is 1. The third-order valence-corrected chi connectivity index (χ3v) is 3.57. The third kappa shape index (κ3) is 4.66. The molecule has 1 heterocycles. The molecule has 0 bridgehead atoms. The van der Waals surface area contributed by atoms with Crippen molar-refractivity contribution in [2.45, 2.75) is 13.0 Å². The zero-order chi connectivity index (χ0) is 13.7. The molecular formula is C13H19N3O2S. The quantitative estimate of drug-likeness (QED) is 0.668. The van der Waals surface area contributed by atoms with Gasteiger partial charge in [-0.3, -0.25) is 0 Å². The Morgan fingerprint density at radius 2 is 2.05 bits per heavy atom. The molecule has 1 aromatic carbocycles. The lowest BCUT2D eigenvalue weighted by atomic mass is 10.1. The van der Waals surface area contributed by atoms with Crippen molar-refractivity contribution in [1.29, 1.82) is 0 Å². The van der Waals surface area contributed by atoms with Gasteiger partial charge in [0.15, 0.2) is 0 Å². The summed E-state index contributed by atoms with van der Waals surface area (Å²) in [6.45, 7) is 2.04. The zero-order valence-electron chi connectivity index (χ0n) is 10.9. The Morgan fingerprint density at radius 3 is 2.84 bits per heavy atom. The molecule has 6 heteroatoms. The first-order valence-corrected chi connectivity index (χ1v) is 8.15. The number of aromatic amines is 1. The number of sulfonamides is 1. The minimum atomic E-state index is -3.06. The van der Waals surface area contributed by atoms with Crippen LogP contribution in [0.5, 0.6) is 0 Å². The van der Waals surface area contributed by atoms with E-state index >= 15 is 0 Å². The fraction of sp³-hybridized carbons (Fsp3) is 0.385. The van der Waals surface area contributed by atoms with Gasteiger partial charge in [0.05, 0.1) is 6.26 Å². The van der Waals surface area contributed by atoms with Gasteiger partial charge in [0.25, 0.3) is 0 Å². The van der Waals surface area contributed by atoms with E-state index < -0.39 is 10.0 Å². The molecule has 5 nitrogen and oxygen atoms in total. The minimum Gasteiger partial charge on any atom is -0.361 e. The molecule has 0 saturated heterocycles. The van der Waals surface area contributed by atoms with Crippen LogP contribution in [0.3, 0.4) is 0 Å². The van der Waals surface area contributed by atoms with E-state index in [0.29, 0.717) is 6.54 Å². The first-order valence-electron chi connectivity index (χ1n) is 6.26. The highest BCUT2D eigenvalue weighted by Crippen LogP contribution is 2.13. The maximum Gasteiger partial charge on any atom is 0.208 e. The molecule has 19 heavy (non-hydrogen) atoms. The lowest BCUT2D eigenvalue weighted by Gasteiger charge is -2.05. The fourth-order valence-corrected chi connectivity index (χ4v) is 2.42. The van der Waals surface area contributed by atoms with Gasteiger partial charge in [-0.1, -0.05) is 12.1 Å². The maximum absolute atomic E-state index is 10.8. The summed E-state index contributed by atoms with van der Waals surface area (Å²) >= 11 is 0. The summed E-state index contributed by atoms with van der Waals surface area (Å²) in [6, 6.07) is 8.35. The van der Waals surface area contributed by atoms with Crippen LogP contribution in [0.4, 0.5) is 0 Å². The number of fused-ring (bicyclic) bond motifs is 1. The molecule has 0 unspecified atom stereocenters. The number of rotatable bonds is 7. The smallest absolute Gasteiger partial charge is 0.208 e. The average Bonchev–Trinajstić information content (AvgIpc) is 2.79. The van der Waals surface area contributed by atoms with Crippen LogP contribution in [0.1, 0.15) is 12.0 Å². The Balaban J connectivity index is 1.71. The standard InChI is InChI=1S/C13H19N3O2S/c1-19(17,18)16-7-2-6-14-10-11-3-4-12-5-8-15-13(12)9-11/h3-5,8-9,14-16H,2,6-7,10H2,1H3. The van der Waals surface area contributed by atoms with Gasteiger partial charge in [-0.25, -0.2) is 13.1 Å². The summed E-state index contributed by atoms with van der Waals surface area (Å²) in [5.41, 5.74) is 2.35. The van der Waals surface area contributed by atoms with Crippen molar-refractivity contribution in [3.8, 4) is 0 Å². The van der Waals surface area contributed by atoms with E-state index in [9.17, 15) is 8.42 Å². The summed E-state index contributed by atoms with van der Waals surface area (Å²) in [5, 5.41) is 4.51. The number of nitrogens with one attached hydrogen (secondary N) is 3. The van der Waals surface area contributed by atoms with Crippen molar-refractivity contribution in [3.63, 3.8) is 0 Å². The maximum atomic E-state index is 10.8. The summed E-state index contributed by atoms with van der Waals surface area (Å²) in [6.07, 6.45) is 3.88. The van der Waals surface area contributed by atoms with Gasteiger partial charge in [0.1, 0.15) is 0 Å². The fourth-order valence-electron chi connectivity index (χ4n) is 1.91. The Morgan fingerprint density at radius 1 is 1.21 bits per heavy atom. The molecule has 0 fully saturated rings. The van der Waals surface area contributed by atoms with Crippen LogP contribution in [0.25, 0.3) is 10.9 Å². The van der Waals surface area contributed by atoms with Crippen LogP contribution < -0.4 is 10.0 Å². The number of H-pyrrole nitrogens is 1. The summed E-state index contributed by atoms with van der Waals surface area (Å²) in [7, 11) is -3.06. The average molecular weight is 281 g/mol. The van der Waals surface area contributed by atoms with Crippen LogP contribution in [-0.4, -0.2) is 32.7 Å². The highest BCUT2D eigenvalue weighted by Gasteiger charge is 1.99. The highest BCUT2D eigenvalue weighted by molar-refractivity contribution is 7.88. The van der Waals surface area contributed by atoms with Crippen molar-refractivity contribution in [1.82, 2.24) is 15.0 Å². The Kier molecular flexibility index (Phi) is 4.57. The molecule has 1 aromatic heterocycles. The zero-order valence-corrected chi connectivity index (χ0v) is 11.8. The third-order valence-electron chi connectivity index (χ3n) is 2.84. The van der Waals surface area contributed by atoms with Crippen molar-refractivity contribution >= 4 is 20.9 Å². The van der Waals surface area contributed by atoms with Gasteiger partial charge in [0, 0.05) is 24.8 Å². The van der Waals surface area contributed by atoms with E-state index in [1.807, 2.05) is 12.3 Å². The Labute approximate surface area is 113 Å². The lowest BCUT2D eigenvalue weighted by molar-refractivity contribution is 0.579. The van der Waals surface area contributed by atoms with Crippen molar-refractivity contribution in [2.75, 3.05) is 19.3 Å². The van der Waals surface area contributed by atoms with Crippen LogP contribution in [-0.2, 0) is 16.6 Å². The SMILES string of the molecule is CS(=O)(=O)NCCCNCc1ccc2cc[nH]c2c1. The molecule has 2 rings (SSSR count). The molecule has 0 radical (unpaired) electrons. The van der Waals surface area contributed by atoms with Crippen molar-refractivity contribution < 1.29 is 8.42 Å². The van der Waals surface area contributed by atoms with E-state index in [1.54, 1.807) is 0 Å². The molecule has 0 aliphatic heterocycles. The molecule has 104 valence electrons. The van der Waals surface area contributed by atoms with Gasteiger partial charge in [-0.2, -0.15) is 0 Å². The molecule has 0 amide bonds. The van der Waals surface area contributed by atoms with Crippen LogP contribution in [0.2, 0.25) is 0 Å². The molecule has 0 spiro atoms. The highest BCUT2D eigenvalue weighted by atomic mass is 32.2. The van der Waals surface area contributed by atoms with E-state index in [1.165, 1.54) is 17.2 Å². The topological polar surface area (TPSA) is 74.0 Å². The summed E-state index contributed by atoms with van der Waals surface area (Å²) in [5.74, 6) is 0. The first-order chi connectivity index (χ1) is 9.04. The minimum absolute atomic E-state index is 0.474. The molecule has 0 aliphatic rings. The van der Waals surface area contributed by atoms with Crippen molar-refractivity contribution in [3.05, 3.63) is 36.0 Å². The normalized spacial score (nSPS) is 12.1. The second-order valence-corrected chi connectivity index (χ2v) is 6.43. The van der Waals surface area contributed by atoms with Crippen LogP contribution in [0, 0.1) is 0 Å². The predicted molar refractivity (Wildman–Crippen MR) is 77.5 cm³/mol. The number of hydrogen-bond donors (Lipinski definition) is 3. The summed E-state index contributed by atoms with van der Waals surface area (Å²) < 4.78 is 24.2.